The van der Waals surface area contributed by atoms with Gasteiger partial charge in [-0.3, -0.25) is 0 Å². The molecule has 0 bridgehead atoms. The Morgan fingerprint density at radius 3 is 1.64 bits per heavy atom. The zero-order valence-corrected chi connectivity index (χ0v) is 13.1. The molecule has 3 N–H and O–H groups in total. The second-order valence-corrected chi connectivity index (χ2v) is 5.02. The summed E-state index contributed by atoms with van der Waals surface area (Å²) in [5.74, 6) is -1.52. The summed E-state index contributed by atoms with van der Waals surface area (Å²) in [7, 11) is 0. The van der Waals surface area contributed by atoms with Crippen LogP contribution >= 0.6 is 0 Å². The van der Waals surface area contributed by atoms with E-state index in [0.717, 1.165) is 0 Å². The lowest BCUT2D eigenvalue weighted by atomic mass is 10.0. The second-order valence-electron chi connectivity index (χ2n) is 5.02. The molecule has 22 heavy (non-hydrogen) atoms. The van der Waals surface area contributed by atoms with Crippen molar-refractivity contribution in [1.82, 2.24) is 0 Å². The fourth-order valence-electron chi connectivity index (χ4n) is 1.53. The van der Waals surface area contributed by atoms with Crippen LogP contribution < -0.4 is 0 Å². The first-order chi connectivity index (χ1) is 10.1. The van der Waals surface area contributed by atoms with Crippen LogP contribution in [-0.4, -0.2) is 58.3 Å². The molecular formula is C15H24O7. The highest BCUT2D eigenvalue weighted by Crippen LogP contribution is 2.15. The fraction of sp³-hybridized carbons (Fsp3) is 0.600. The molecule has 7 nitrogen and oxygen atoms in total. The Kier molecular flexibility index (Phi) is 8.62. The van der Waals surface area contributed by atoms with Gasteiger partial charge in [-0.2, -0.15) is 0 Å². The van der Waals surface area contributed by atoms with Gasteiger partial charge in [0.1, 0.15) is 18.3 Å². The largest absolute Gasteiger partial charge is 0.456 e. The van der Waals surface area contributed by atoms with Crippen molar-refractivity contribution in [3.05, 3.63) is 24.3 Å². The SMILES string of the molecule is C=C(C)C(=O)OC(CC)C(O)C(O)C(CO)OC(=O)C(=C)C. The molecule has 0 aromatic carbocycles. The van der Waals surface area contributed by atoms with Crippen molar-refractivity contribution in [3.63, 3.8) is 0 Å². The van der Waals surface area contributed by atoms with Crippen LogP contribution in [0.3, 0.4) is 0 Å². The smallest absolute Gasteiger partial charge is 0.333 e. The zero-order valence-electron chi connectivity index (χ0n) is 13.1. The van der Waals surface area contributed by atoms with Crippen LogP contribution in [0.4, 0.5) is 0 Å². The minimum absolute atomic E-state index is 0.0842. The summed E-state index contributed by atoms with van der Waals surface area (Å²) in [5.41, 5.74) is 0.230. The van der Waals surface area contributed by atoms with E-state index in [1.54, 1.807) is 6.92 Å². The average molecular weight is 316 g/mol. The van der Waals surface area contributed by atoms with E-state index in [1.807, 2.05) is 0 Å². The summed E-state index contributed by atoms with van der Waals surface area (Å²) in [6.07, 6.45) is -5.35. The number of aliphatic hydroxyl groups is 3. The van der Waals surface area contributed by atoms with Gasteiger partial charge in [-0.25, -0.2) is 9.59 Å². The van der Waals surface area contributed by atoms with Crippen LogP contribution in [0.2, 0.25) is 0 Å². The van der Waals surface area contributed by atoms with Crippen molar-refractivity contribution in [2.45, 2.75) is 51.6 Å². The Morgan fingerprint density at radius 2 is 1.32 bits per heavy atom. The Labute approximate surface area is 129 Å². The molecule has 0 saturated heterocycles. The summed E-state index contributed by atoms with van der Waals surface area (Å²) < 4.78 is 9.84. The number of hydrogen-bond acceptors (Lipinski definition) is 7. The van der Waals surface area contributed by atoms with Crippen molar-refractivity contribution in [2.24, 2.45) is 0 Å². The maximum Gasteiger partial charge on any atom is 0.333 e. The maximum atomic E-state index is 11.5. The van der Waals surface area contributed by atoms with Crippen LogP contribution in [0.5, 0.6) is 0 Å². The topological polar surface area (TPSA) is 113 Å². The van der Waals surface area contributed by atoms with Gasteiger partial charge in [-0.1, -0.05) is 20.1 Å². The highest BCUT2D eigenvalue weighted by molar-refractivity contribution is 5.87. The van der Waals surface area contributed by atoms with Gasteiger partial charge in [0, 0.05) is 11.1 Å². The van der Waals surface area contributed by atoms with Crippen molar-refractivity contribution in [2.75, 3.05) is 6.61 Å². The van der Waals surface area contributed by atoms with Gasteiger partial charge >= 0.3 is 11.9 Å². The minimum atomic E-state index is -1.63. The molecule has 0 amide bonds. The molecule has 0 radical (unpaired) electrons. The van der Waals surface area contributed by atoms with Crippen molar-refractivity contribution < 1.29 is 34.4 Å². The Bertz CT molecular complexity index is 390. The molecule has 0 spiro atoms. The maximum absolute atomic E-state index is 11.5. The molecule has 126 valence electrons. The molecule has 0 aliphatic heterocycles. The van der Waals surface area contributed by atoms with E-state index < -0.39 is 43.0 Å². The van der Waals surface area contributed by atoms with E-state index in [0.29, 0.717) is 0 Å². The van der Waals surface area contributed by atoms with E-state index >= 15 is 0 Å². The number of carbonyl (C=O) groups is 2. The summed E-state index contributed by atoms with van der Waals surface area (Å²) in [5, 5.41) is 29.3. The number of hydrogen-bond donors (Lipinski definition) is 3. The summed E-state index contributed by atoms with van der Waals surface area (Å²) in [4.78, 5) is 22.9. The predicted octanol–water partition coefficient (Wildman–Crippen LogP) is 0.0863. The Balaban J connectivity index is 4.92. The van der Waals surface area contributed by atoms with Crippen molar-refractivity contribution in [1.29, 1.82) is 0 Å². The third kappa shape index (κ3) is 5.97. The molecule has 0 saturated carbocycles. The molecule has 4 unspecified atom stereocenters. The van der Waals surface area contributed by atoms with Gasteiger partial charge in [-0.15, -0.1) is 0 Å². The molecule has 0 heterocycles. The standard InChI is InChI=1S/C15H24O7/c1-6-10(21-14(19)8(2)3)12(17)13(18)11(7-16)22-15(20)9(4)5/h10-13,16-18H,2,4,6-7H2,1,3,5H3. The van der Waals surface area contributed by atoms with Gasteiger partial charge in [0.05, 0.1) is 6.61 Å². The molecule has 0 aromatic heterocycles. The lowest BCUT2D eigenvalue weighted by molar-refractivity contribution is -0.174. The Morgan fingerprint density at radius 1 is 0.955 bits per heavy atom. The number of aliphatic hydroxyl groups excluding tert-OH is 3. The van der Waals surface area contributed by atoms with E-state index in [4.69, 9.17) is 9.47 Å². The normalized spacial score (nSPS) is 16.1. The molecule has 7 heteroatoms. The zero-order chi connectivity index (χ0) is 17.4. The minimum Gasteiger partial charge on any atom is -0.456 e. The summed E-state index contributed by atoms with van der Waals surface area (Å²) in [6, 6.07) is 0. The monoisotopic (exact) mass is 316 g/mol. The highest BCUT2D eigenvalue weighted by Gasteiger charge is 2.35. The van der Waals surface area contributed by atoms with Gasteiger partial charge in [0.15, 0.2) is 6.10 Å². The van der Waals surface area contributed by atoms with Crippen LogP contribution in [-0.2, 0) is 19.1 Å². The molecule has 4 atom stereocenters. The van der Waals surface area contributed by atoms with Gasteiger partial charge in [0.2, 0.25) is 0 Å². The summed E-state index contributed by atoms with van der Waals surface area (Å²) in [6.45, 7) is 10.6. The average Bonchev–Trinajstić information content (AvgIpc) is 2.47. The Hall–Kier alpha value is -1.70. The fourth-order valence-corrected chi connectivity index (χ4v) is 1.53. The number of carbonyl (C=O) groups excluding carboxylic acids is 2. The molecule has 0 aliphatic rings. The van der Waals surface area contributed by atoms with Gasteiger partial charge in [-0.05, 0) is 20.3 Å². The molecule has 0 rings (SSSR count). The number of rotatable bonds is 9. The molecule has 0 aromatic rings. The number of esters is 2. The second kappa shape index (κ2) is 9.34. The first-order valence-corrected chi connectivity index (χ1v) is 6.85. The van der Waals surface area contributed by atoms with Crippen LogP contribution in [0.25, 0.3) is 0 Å². The van der Waals surface area contributed by atoms with Gasteiger partial charge < -0.3 is 24.8 Å². The van der Waals surface area contributed by atoms with E-state index in [9.17, 15) is 24.9 Å². The lowest BCUT2D eigenvalue weighted by Crippen LogP contribution is -2.48. The third-order valence-electron chi connectivity index (χ3n) is 2.91. The van der Waals surface area contributed by atoms with Crippen LogP contribution in [0, 0.1) is 0 Å². The molecular weight excluding hydrogens is 292 g/mol. The molecule has 0 fully saturated rings. The van der Waals surface area contributed by atoms with Crippen LogP contribution in [0.15, 0.2) is 24.3 Å². The van der Waals surface area contributed by atoms with E-state index in [1.165, 1.54) is 13.8 Å². The van der Waals surface area contributed by atoms with E-state index in [2.05, 4.69) is 13.2 Å². The highest BCUT2D eigenvalue weighted by atomic mass is 16.6. The van der Waals surface area contributed by atoms with E-state index in [-0.39, 0.29) is 17.6 Å². The first-order valence-electron chi connectivity index (χ1n) is 6.85. The first kappa shape index (κ1) is 20.3. The summed E-state index contributed by atoms with van der Waals surface area (Å²) >= 11 is 0. The third-order valence-corrected chi connectivity index (χ3v) is 2.91. The predicted molar refractivity (Wildman–Crippen MR) is 78.8 cm³/mol. The molecule has 0 aliphatic carbocycles. The van der Waals surface area contributed by atoms with Crippen LogP contribution in [0.1, 0.15) is 27.2 Å². The van der Waals surface area contributed by atoms with Gasteiger partial charge in [0.25, 0.3) is 0 Å². The quantitative estimate of drug-likeness (QED) is 0.408. The lowest BCUT2D eigenvalue weighted by Gasteiger charge is -2.30. The number of ether oxygens (including phenoxy) is 2. The van der Waals surface area contributed by atoms with Crippen molar-refractivity contribution in [3.8, 4) is 0 Å². The van der Waals surface area contributed by atoms with Crippen molar-refractivity contribution >= 4 is 11.9 Å².